The van der Waals surface area contributed by atoms with Gasteiger partial charge in [-0.1, -0.05) is 129 Å². The van der Waals surface area contributed by atoms with Crippen molar-refractivity contribution in [3.63, 3.8) is 0 Å². The lowest BCUT2D eigenvalue weighted by Gasteiger charge is -2.42. The number of hydrogen-bond donors (Lipinski definition) is 0. The SMILES string of the molecule is CCCCC(O[C@@H]1C[C@@H](OCc2ccccc2)[C@H](OCc2ccccc2)[C@@H](COCc2ccccc2)O1)C(=O)On1ccccc1=S. The number of carbonyl (C=O) groups excluding carboxylic acids is 1. The van der Waals surface area contributed by atoms with E-state index in [1.807, 2.05) is 91.0 Å². The molecule has 4 aromatic rings. The van der Waals surface area contributed by atoms with E-state index in [0.29, 0.717) is 37.3 Å². The minimum absolute atomic E-state index is 0.239. The van der Waals surface area contributed by atoms with E-state index in [4.69, 9.17) is 40.7 Å². The molecule has 0 radical (unpaired) electrons. The third-order valence-electron chi connectivity index (χ3n) is 7.85. The van der Waals surface area contributed by atoms with Gasteiger partial charge in [0.25, 0.3) is 0 Å². The van der Waals surface area contributed by atoms with Gasteiger partial charge in [0.2, 0.25) is 0 Å². The van der Waals surface area contributed by atoms with E-state index in [1.54, 1.807) is 24.4 Å². The van der Waals surface area contributed by atoms with Gasteiger partial charge in [0.05, 0.1) is 32.5 Å². The molecule has 5 rings (SSSR count). The summed E-state index contributed by atoms with van der Waals surface area (Å²) in [5.41, 5.74) is 3.13. The number of ether oxygens (including phenoxy) is 5. The van der Waals surface area contributed by atoms with Crippen molar-refractivity contribution >= 4 is 18.2 Å². The van der Waals surface area contributed by atoms with Crippen LogP contribution in [0.1, 0.15) is 49.3 Å². The lowest BCUT2D eigenvalue weighted by atomic mass is 10.0. The topological polar surface area (TPSA) is 77.4 Å². The van der Waals surface area contributed by atoms with Gasteiger partial charge >= 0.3 is 5.97 Å². The summed E-state index contributed by atoms with van der Waals surface area (Å²) < 4.78 is 33.9. The Kier molecular flexibility index (Phi) is 13.7. The fourth-order valence-electron chi connectivity index (χ4n) is 5.36. The Morgan fingerprint density at radius 1 is 0.830 bits per heavy atom. The van der Waals surface area contributed by atoms with Crippen LogP contribution in [-0.4, -0.2) is 48.0 Å². The Morgan fingerprint density at radius 3 is 2.04 bits per heavy atom. The molecule has 47 heavy (non-hydrogen) atoms. The molecule has 0 spiro atoms. The molecule has 1 saturated heterocycles. The molecule has 0 aliphatic carbocycles. The van der Waals surface area contributed by atoms with E-state index in [0.717, 1.165) is 29.5 Å². The minimum atomic E-state index is -0.871. The molecule has 1 fully saturated rings. The first-order chi connectivity index (χ1) is 23.1. The zero-order valence-corrected chi connectivity index (χ0v) is 27.5. The van der Waals surface area contributed by atoms with Gasteiger partial charge in [-0.15, -0.1) is 0 Å². The average Bonchev–Trinajstić information content (AvgIpc) is 3.11. The third-order valence-corrected chi connectivity index (χ3v) is 8.16. The van der Waals surface area contributed by atoms with Crippen LogP contribution in [0.4, 0.5) is 0 Å². The van der Waals surface area contributed by atoms with Crippen molar-refractivity contribution in [2.24, 2.45) is 0 Å². The number of benzene rings is 3. The van der Waals surface area contributed by atoms with Gasteiger partial charge in [-0.2, -0.15) is 4.73 Å². The molecule has 1 aromatic heterocycles. The molecule has 2 heterocycles. The molecular weight excluding hydrogens is 614 g/mol. The van der Waals surface area contributed by atoms with Crippen molar-refractivity contribution in [3.05, 3.63) is 137 Å². The number of pyridine rings is 1. The van der Waals surface area contributed by atoms with Crippen LogP contribution >= 0.6 is 12.2 Å². The largest absolute Gasteiger partial charge is 0.374 e. The molecule has 248 valence electrons. The fourth-order valence-corrected chi connectivity index (χ4v) is 5.54. The van der Waals surface area contributed by atoms with Crippen LogP contribution in [0.3, 0.4) is 0 Å². The van der Waals surface area contributed by atoms with Crippen molar-refractivity contribution < 1.29 is 33.3 Å². The van der Waals surface area contributed by atoms with Gasteiger partial charge in [-0.25, -0.2) is 4.79 Å². The third kappa shape index (κ3) is 10.9. The standard InChI is InChI=1S/C38H43NO7S/c1-2-3-21-32(38(40)46-39-23-14-13-22-35(39)47)44-36-24-33(42-26-30-17-9-5-10-18-30)37(43-27-31-19-11-6-12-20-31)34(45-36)28-41-25-29-15-7-4-8-16-29/h4-20,22-23,32-34,36-37H,2-3,21,24-28H2,1H3/t32?,33-,34-,36+,37+/m1/s1. The normalized spacial score (nSPS) is 20.0. The molecule has 1 aliphatic heterocycles. The van der Waals surface area contributed by atoms with Crippen LogP contribution < -0.4 is 4.84 Å². The van der Waals surface area contributed by atoms with Gasteiger partial charge in [-0.3, -0.25) is 0 Å². The van der Waals surface area contributed by atoms with Crippen molar-refractivity contribution in [3.8, 4) is 0 Å². The van der Waals surface area contributed by atoms with Crippen LogP contribution in [0.5, 0.6) is 0 Å². The summed E-state index contributed by atoms with van der Waals surface area (Å²) in [5.74, 6) is -0.537. The van der Waals surface area contributed by atoms with E-state index < -0.39 is 36.7 Å². The van der Waals surface area contributed by atoms with Gasteiger partial charge in [0, 0.05) is 12.6 Å². The smallest absolute Gasteiger partial charge is 0.361 e. The highest BCUT2D eigenvalue weighted by Gasteiger charge is 2.42. The Labute approximate surface area is 282 Å². The second-order valence-corrected chi connectivity index (χ2v) is 11.9. The van der Waals surface area contributed by atoms with Crippen molar-refractivity contribution in [1.29, 1.82) is 0 Å². The first-order valence-corrected chi connectivity index (χ1v) is 16.6. The van der Waals surface area contributed by atoms with Crippen LogP contribution in [0.2, 0.25) is 0 Å². The molecule has 1 aliphatic rings. The summed E-state index contributed by atoms with van der Waals surface area (Å²) in [6, 6.07) is 35.2. The quantitative estimate of drug-likeness (QED) is 0.110. The summed E-state index contributed by atoms with van der Waals surface area (Å²) in [6.07, 6.45) is 1.04. The van der Waals surface area contributed by atoms with E-state index in [1.165, 1.54) is 4.73 Å². The predicted molar refractivity (Wildman–Crippen MR) is 181 cm³/mol. The zero-order valence-electron chi connectivity index (χ0n) is 26.7. The highest BCUT2D eigenvalue weighted by Crippen LogP contribution is 2.30. The average molecular weight is 658 g/mol. The fraction of sp³-hybridized carbons (Fsp3) is 0.368. The molecule has 3 aromatic carbocycles. The number of rotatable bonds is 17. The van der Waals surface area contributed by atoms with E-state index >= 15 is 0 Å². The van der Waals surface area contributed by atoms with E-state index in [2.05, 4.69) is 6.92 Å². The molecule has 0 bridgehead atoms. The number of carbonyl (C=O) groups is 1. The van der Waals surface area contributed by atoms with E-state index in [9.17, 15) is 4.79 Å². The summed E-state index contributed by atoms with van der Waals surface area (Å²) in [7, 11) is 0. The van der Waals surface area contributed by atoms with Crippen molar-refractivity contribution in [2.75, 3.05) is 6.61 Å². The van der Waals surface area contributed by atoms with Crippen LogP contribution in [-0.2, 0) is 48.3 Å². The minimum Gasteiger partial charge on any atom is -0.374 e. The molecule has 0 saturated carbocycles. The van der Waals surface area contributed by atoms with E-state index in [-0.39, 0.29) is 6.61 Å². The zero-order chi connectivity index (χ0) is 32.7. The number of nitrogens with zero attached hydrogens (tertiary/aromatic N) is 1. The first-order valence-electron chi connectivity index (χ1n) is 16.2. The number of unbranched alkanes of at least 4 members (excludes halogenated alkanes) is 1. The molecule has 9 heteroatoms. The Balaban J connectivity index is 1.36. The second kappa shape index (κ2) is 18.6. The highest BCUT2D eigenvalue weighted by atomic mass is 32.1. The Hall–Kier alpha value is -3.70. The Morgan fingerprint density at radius 2 is 1.43 bits per heavy atom. The van der Waals surface area contributed by atoms with Gasteiger partial charge in [0.15, 0.2) is 12.4 Å². The maximum Gasteiger partial charge on any atom is 0.361 e. The molecule has 0 amide bonds. The lowest BCUT2D eigenvalue weighted by molar-refractivity contribution is -0.288. The monoisotopic (exact) mass is 657 g/mol. The highest BCUT2D eigenvalue weighted by molar-refractivity contribution is 7.71. The maximum absolute atomic E-state index is 13.4. The van der Waals surface area contributed by atoms with Gasteiger partial charge in [0.1, 0.15) is 16.8 Å². The molecular formula is C38H43NO7S. The molecule has 0 N–H and O–H groups in total. The Bertz CT molecular complexity index is 1540. The van der Waals surface area contributed by atoms with Crippen molar-refractivity contribution in [1.82, 2.24) is 4.73 Å². The maximum atomic E-state index is 13.4. The number of hydrogen-bond acceptors (Lipinski definition) is 8. The summed E-state index contributed by atoms with van der Waals surface area (Å²) in [5, 5.41) is 0. The lowest BCUT2D eigenvalue weighted by Crippen LogP contribution is -2.54. The van der Waals surface area contributed by atoms with Gasteiger partial charge in [-0.05, 0) is 35.2 Å². The second-order valence-electron chi connectivity index (χ2n) is 11.5. The molecule has 1 unspecified atom stereocenters. The molecule has 5 atom stereocenters. The first kappa shape index (κ1) is 34.6. The summed E-state index contributed by atoms with van der Waals surface area (Å²) in [4.78, 5) is 19.1. The number of aromatic nitrogens is 1. The molecule has 8 nitrogen and oxygen atoms in total. The van der Waals surface area contributed by atoms with Crippen molar-refractivity contribution in [2.45, 2.75) is 83.1 Å². The van der Waals surface area contributed by atoms with Gasteiger partial charge < -0.3 is 28.5 Å². The summed E-state index contributed by atoms with van der Waals surface area (Å²) in [6.45, 7) is 3.48. The summed E-state index contributed by atoms with van der Waals surface area (Å²) >= 11 is 5.33. The predicted octanol–water partition coefficient (Wildman–Crippen LogP) is 7.25. The van der Waals surface area contributed by atoms with Crippen LogP contribution in [0.15, 0.2) is 115 Å². The van der Waals surface area contributed by atoms with Crippen LogP contribution in [0, 0.1) is 4.64 Å². The van der Waals surface area contributed by atoms with Crippen LogP contribution in [0.25, 0.3) is 0 Å².